The molecule has 0 aliphatic rings. The van der Waals surface area contributed by atoms with Crippen LogP contribution in [-0.4, -0.2) is 4.98 Å². The average Bonchev–Trinajstić information content (AvgIpc) is 2.45. The second kappa shape index (κ2) is 4.88. The van der Waals surface area contributed by atoms with E-state index < -0.39 is 0 Å². The summed E-state index contributed by atoms with van der Waals surface area (Å²) >= 11 is 0. The Hall–Kier alpha value is -2.35. The van der Waals surface area contributed by atoms with Gasteiger partial charge in [0.2, 0.25) is 5.56 Å². The molecule has 21 heavy (non-hydrogen) atoms. The van der Waals surface area contributed by atoms with Gasteiger partial charge in [-0.15, -0.1) is 0 Å². The first-order valence-electron chi connectivity index (χ1n) is 7.18. The van der Waals surface area contributed by atoms with Crippen LogP contribution in [0.1, 0.15) is 26.3 Å². The highest BCUT2D eigenvalue weighted by molar-refractivity contribution is 5.94. The molecule has 0 atom stereocenters. The molecule has 0 aliphatic heterocycles. The molecular formula is C19H19NO. The minimum absolute atomic E-state index is 0.0661. The normalized spacial score (nSPS) is 11.8. The van der Waals surface area contributed by atoms with Crippen molar-refractivity contribution in [2.45, 2.75) is 26.2 Å². The van der Waals surface area contributed by atoms with Gasteiger partial charge in [-0.2, -0.15) is 0 Å². The van der Waals surface area contributed by atoms with Crippen LogP contribution in [0, 0.1) is 0 Å². The summed E-state index contributed by atoms with van der Waals surface area (Å²) in [7, 11) is 0. The van der Waals surface area contributed by atoms with Crippen molar-refractivity contribution < 1.29 is 0 Å². The smallest absolute Gasteiger partial charge is 0.249 e. The molecule has 1 aromatic heterocycles. The fraction of sp³-hybridized carbons (Fsp3) is 0.211. The fourth-order valence-corrected chi connectivity index (χ4v) is 2.59. The molecule has 0 amide bonds. The van der Waals surface area contributed by atoms with Crippen molar-refractivity contribution >= 4 is 10.9 Å². The molecule has 2 heteroatoms. The Morgan fingerprint density at radius 3 is 2.24 bits per heavy atom. The van der Waals surface area contributed by atoms with Gasteiger partial charge in [-0.1, -0.05) is 63.2 Å². The number of fused-ring (bicyclic) bond motifs is 1. The molecule has 0 saturated heterocycles. The maximum Gasteiger partial charge on any atom is 0.249 e. The lowest BCUT2D eigenvalue weighted by molar-refractivity contribution is 0.590. The number of hydrogen-bond donors (Lipinski definition) is 1. The summed E-state index contributed by atoms with van der Waals surface area (Å²) in [5, 5.41) is 1.07. The fourth-order valence-electron chi connectivity index (χ4n) is 2.59. The van der Waals surface area contributed by atoms with Gasteiger partial charge in [0.1, 0.15) is 0 Å². The first-order chi connectivity index (χ1) is 9.95. The van der Waals surface area contributed by atoms with Crippen LogP contribution in [0.25, 0.3) is 22.0 Å². The van der Waals surface area contributed by atoms with E-state index in [1.165, 1.54) is 5.56 Å². The molecule has 1 N–H and O–H groups in total. The van der Waals surface area contributed by atoms with Gasteiger partial charge in [0.05, 0.1) is 0 Å². The topological polar surface area (TPSA) is 32.9 Å². The second-order valence-corrected chi connectivity index (χ2v) is 6.42. The molecule has 0 bridgehead atoms. The molecule has 0 aliphatic carbocycles. The molecular weight excluding hydrogens is 258 g/mol. The van der Waals surface area contributed by atoms with E-state index in [1.807, 2.05) is 24.3 Å². The number of H-pyrrole nitrogens is 1. The number of aromatic amines is 1. The summed E-state index contributed by atoms with van der Waals surface area (Å²) in [5.74, 6) is 0. The number of para-hydroxylation sites is 1. The molecule has 0 saturated carbocycles. The van der Waals surface area contributed by atoms with Gasteiger partial charge in [-0.3, -0.25) is 4.79 Å². The van der Waals surface area contributed by atoms with Gasteiger partial charge in [0.25, 0.3) is 0 Å². The van der Waals surface area contributed by atoms with Crippen molar-refractivity contribution in [1.82, 2.24) is 4.98 Å². The number of hydrogen-bond acceptors (Lipinski definition) is 1. The van der Waals surface area contributed by atoms with E-state index in [4.69, 9.17) is 0 Å². The number of nitrogens with one attached hydrogen (secondary N) is 1. The highest BCUT2D eigenvalue weighted by Gasteiger charge is 2.13. The van der Waals surface area contributed by atoms with Crippen LogP contribution >= 0.6 is 0 Å². The zero-order valence-electron chi connectivity index (χ0n) is 12.6. The van der Waals surface area contributed by atoms with Gasteiger partial charge in [-0.25, -0.2) is 0 Å². The predicted molar refractivity (Wildman–Crippen MR) is 88.7 cm³/mol. The molecule has 106 valence electrons. The van der Waals surface area contributed by atoms with E-state index >= 15 is 0 Å². The number of aromatic nitrogens is 1. The number of benzene rings is 2. The predicted octanol–water partition coefficient (Wildman–Crippen LogP) is 4.49. The molecule has 2 aromatic carbocycles. The molecule has 0 unspecified atom stereocenters. The Bertz CT molecular complexity index is 836. The maximum absolute atomic E-state index is 11.8. The van der Waals surface area contributed by atoms with Gasteiger partial charge in [0, 0.05) is 17.0 Å². The van der Waals surface area contributed by atoms with Crippen molar-refractivity contribution in [1.29, 1.82) is 0 Å². The first-order valence-corrected chi connectivity index (χ1v) is 7.18. The van der Waals surface area contributed by atoms with E-state index in [-0.39, 0.29) is 11.0 Å². The largest absolute Gasteiger partial charge is 0.322 e. The van der Waals surface area contributed by atoms with Crippen LogP contribution in [0.3, 0.4) is 0 Å². The lowest BCUT2D eigenvalue weighted by Crippen LogP contribution is -2.10. The standard InChI is InChI=1S/C19H19NO/c1-19(2,3)14-10-8-13(9-11-14)16-12-18(21)20-17-7-5-4-6-15(16)17/h4-12H,1-3H3,(H,20,21). The van der Waals surface area contributed by atoms with E-state index in [2.05, 4.69) is 50.0 Å². The molecule has 3 aromatic rings. The number of pyridine rings is 1. The Kier molecular flexibility index (Phi) is 3.17. The first kappa shape index (κ1) is 13.6. The Labute approximate surface area is 124 Å². The Morgan fingerprint density at radius 1 is 0.905 bits per heavy atom. The van der Waals surface area contributed by atoms with E-state index in [0.29, 0.717) is 0 Å². The monoisotopic (exact) mass is 277 g/mol. The van der Waals surface area contributed by atoms with Crippen molar-refractivity contribution in [3.05, 3.63) is 70.5 Å². The third-order valence-corrected chi connectivity index (χ3v) is 3.81. The van der Waals surface area contributed by atoms with Crippen molar-refractivity contribution in [2.24, 2.45) is 0 Å². The molecule has 2 nitrogen and oxygen atoms in total. The van der Waals surface area contributed by atoms with Crippen LogP contribution in [-0.2, 0) is 5.41 Å². The van der Waals surface area contributed by atoms with Gasteiger partial charge >= 0.3 is 0 Å². The third-order valence-electron chi connectivity index (χ3n) is 3.81. The van der Waals surface area contributed by atoms with Crippen molar-refractivity contribution in [2.75, 3.05) is 0 Å². The molecule has 1 heterocycles. The van der Waals surface area contributed by atoms with E-state index in [0.717, 1.165) is 22.0 Å². The Morgan fingerprint density at radius 2 is 1.57 bits per heavy atom. The highest BCUT2D eigenvalue weighted by atomic mass is 16.1. The van der Waals surface area contributed by atoms with Crippen LogP contribution in [0.4, 0.5) is 0 Å². The van der Waals surface area contributed by atoms with Crippen LogP contribution in [0.5, 0.6) is 0 Å². The summed E-state index contributed by atoms with van der Waals surface area (Å²) in [5.41, 5.74) is 4.29. The van der Waals surface area contributed by atoms with Gasteiger partial charge < -0.3 is 4.98 Å². The van der Waals surface area contributed by atoms with Gasteiger partial charge in [-0.05, 0) is 28.2 Å². The van der Waals surface area contributed by atoms with E-state index in [1.54, 1.807) is 6.07 Å². The van der Waals surface area contributed by atoms with Crippen LogP contribution < -0.4 is 5.56 Å². The summed E-state index contributed by atoms with van der Waals surface area (Å²) in [6, 6.07) is 18.1. The Balaban J connectivity index is 2.19. The SMILES string of the molecule is CC(C)(C)c1ccc(-c2cc(=O)[nH]c3ccccc23)cc1. The lowest BCUT2D eigenvalue weighted by atomic mass is 9.86. The highest BCUT2D eigenvalue weighted by Crippen LogP contribution is 2.29. The van der Waals surface area contributed by atoms with Crippen molar-refractivity contribution in [3.63, 3.8) is 0 Å². The zero-order chi connectivity index (χ0) is 15.0. The summed E-state index contributed by atoms with van der Waals surface area (Å²) in [6.45, 7) is 6.60. The molecule has 3 rings (SSSR count). The average molecular weight is 277 g/mol. The van der Waals surface area contributed by atoms with Crippen LogP contribution in [0.2, 0.25) is 0 Å². The quantitative estimate of drug-likeness (QED) is 0.698. The zero-order valence-corrected chi connectivity index (χ0v) is 12.6. The summed E-state index contributed by atoms with van der Waals surface area (Å²) in [4.78, 5) is 14.7. The second-order valence-electron chi connectivity index (χ2n) is 6.42. The maximum atomic E-state index is 11.8. The summed E-state index contributed by atoms with van der Waals surface area (Å²) < 4.78 is 0. The van der Waals surface area contributed by atoms with E-state index in [9.17, 15) is 4.79 Å². The molecule has 0 radical (unpaired) electrons. The van der Waals surface area contributed by atoms with Crippen LogP contribution in [0.15, 0.2) is 59.4 Å². The van der Waals surface area contributed by atoms with Gasteiger partial charge in [0.15, 0.2) is 0 Å². The minimum Gasteiger partial charge on any atom is -0.322 e. The minimum atomic E-state index is -0.0661. The summed E-state index contributed by atoms with van der Waals surface area (Å²) in [6.07, 6.45) is 0. The molecule has 0 spiro atoms. The third kappa shape index (κ3) is 2.62. The number of rotatable bonds is 1. The van der Waals surface area contributed by atoms with Crippen molar-refractivity contribution in [3.8, 4) is 11.1 Å². The molecule has 0 fully saturated rings. The lowest BCUT2D eigenvalue weighted by Gasteiger charge is -2.19.